The van der Waals surface area contributed by atoms with E-state index in [1.807, 2.05) is 0 Å². The maximum Gasteiger partial charge on any atom is 0.422 e. The molecular formula is C10H10F3N3O2. The highest BCUT2D eigenvalue weighted by Gasteiger charge is 2.28. The number of hydrogen-bond donors (Lipinski definition) is 1. The van der Waals surface area contributed by atoms with Crippen molar-refractivity contribution < 1.29 is 22.7 Å². The Labute approximate surface area is 101 Å². The van der Waals surface area contributed by atoms with Crippen LogP contribution in [0.1, 0.15) is 5.69 Å². The van der Waals surface area contributed by atoms with Crippen LogP contribution in [0.3, 0.4) is 0 Å². The van der Waals surface area contributed by atoms with Crippen LogP contribution in [0.2, 0.25) is 0 Å². The number of carbonyl (C=O) groups is 1. The minimum absolute atomic E-state index is 0.0106. The SMILES string of the molecule is N=CN(C=O)Cc1ccc(OCC(F)(F)F)cn1. The van der Waals surface area contributed by atoms with Crippen molar-refractivity contribution in [1.82, 2.24) is 9.88 Å². The van der Waals surface area contributed by atoms with E-state index in [2.05, 4.69) is 9.72 Å². The lowest BCUT2D eigenvalue weighted by atomic mass is 10.3. The number of alkyl halides is 3. The van der Waals surface area contributed by atoms with Crippen molar-refractivity contribution >= 4 is 12.7 Å². The summed E-state index contributed by atoms with van der Waals surface area (Å²) in [4.78, 5) is 15.3. The van der Waals surface area contributed by atoms with Crippen molar-refractivity contribution in [3.63, 3.8) is 0 Å². The number of rotatable bonds is 6. The van der Waals surface area contributed by atoms with Crippen molar-refractivity contribution in [3.05, 3.63) is 24.0 Å². The number of pyridine rings is 1. The van der Waals surface area contributed by atoms with Crippen LogP contribution in [0.25, 0.3) is 0 Å². The van der Waals surface area contributed by atoms with Gasteiger partial charge in [0, 0.05) is 0 Å². The maximum absolute atomic E-state index is 11.9. The number of amides is 1. The lowest BCUT2D eigenvalue weighted by Crippen LogP contribution is -2.20. The molecule has 1 N–H and O–H groups in total. The third-order valence-corrected chi connectivity index (χ3v) is 1.85. The Kier molecular flexibility index (Phi) is 4.64. The van der Waals surface area contributed by atoms with E-state index in [1.54, 1.807) is 0 Å². The summed E-state index contributed by atoms with van der Waals surface area (Å²) < 4.78 is 40.1. The van der Waals surface area contributed by atoms with Crippen LogP contribution in [-0.2, 0) is 11.3 Å². The van der Waals surface area contributed by atoms with Crippen molar-refractivity contribution in [1.29, 1.82) is 5.41 Å². The molecule has 0 atom stereocenters. The van der Waals surface area contributed by atoms with E-state index in [-0.39, 0.29) is 12.3 Å². The number of ether oxygens (including phenoxy) is 1. The van der Waals surface area contributed by atoms with Gasteiger partial charge < -0.3 is 9.64 Å². The standard InChI is InChI=1S/C10H10F3N3O2/c11-10(12,13)5-18-9-2-1-8(15-3-9)4-16(6-14)7-17/h1-3,6-7,14H,4-5H2. The molecule has 5 nitrogen and oxygen atoms in total. The minimum Gasteiger partial charge on any atom is -0.483 e. The Morgan fingerprint density at radius 3 is 2.61 bits per heavy atom. The minimum atomic E-state index is -4.40. The molecule has 0 unspecified atom stereocenters. The first-order chi connectivity index (χ1) is 8.44. The summed E-state index contributed by atoms with van der Waals surface area (Å²) in [7, 11) is 0. The van der Waals surface area contributed by atoms with Gasteiger partial charge in [-0.05, 0) is 12.1 Å². The molecule has 18 heavy (non-hydrogen) atoms. The molecule has 1 aromatic heterocycles. The molecule has 0 aliphatic heterocycles. The van der Waals surface area contributed by atoms with Gasteiger partial charge in [0.2, 0.25) is 6.41 Å². The molecule has 0 saturated carbocycles. The van der Waals surface area contributed by atoms with E-state index in [0.29, 0.717) is 12.1 Å². The van der Waals surface area contributed by atoms with Crippen LogP contribution in [0, 0.1) is 5.41 Å². The molecule has 0 aliphatic carbocycles. The third kappa shape index (κ3) is 4.81. The van der Waals surface area contributed by atoms with Crippen LogP contribution in [0.5, 0.6) is 5.75 Å². The average molecular weight is 261 g/mol. The largest absolute Gasteiger partial charge is 0.483 e. The Morgan fingerprint density at radius 1 is 1.44 bits per heavy atom. The summed E-state index contributed by atoms with van der Waals surface area (Å²) >= 11 is 0. The fourth-order valence-corrected chi connectivity index (χ4v) is 1.06. The second-order valence-corrected chi connectivity index (χ2v) is 3.30. The van der Waals surface area contributed by atoms with Gasteiger partial charge in [-0.15, -0.1) is 0 Å². The van der Waals surface area contributed by atoms with Gasteiger partial charge in [0.05, 0.1) is 24.8 Å². The predicted octanol–water partition coefficient (Wildman–Crippen LogP) is 1.59. The van der Waals surface area contributed by atoms with Crippen LogP contribution in [-0.4, -0.2) is 35.4 Å². The number of nitrogens with one attached hydrogen (secondary N) is 1. The summed E-state index contributed by atoms with van der Waals surface area (Å²) in [5, 5.41) is 6.88. The lowest BCUT2D eigenvalue weighted by Gasteiger charge is -2.11. The van der Waals surface area contributed by atoms with Gasteiger partial charge in [-0.1, -0.05) is 0 Å². The second kappa shape index (κ2) is 5.99. The van der Waals surface area contributed by atoms with Gasteiger partial charge in [0.15, 0.2) is 6.61 Å². The second-order valence-electron chi connectivity index (χ2n) is 3.30. The highest BCUT2D eigenvalue weighted by molar-refractivity contribution is 5.69. The van der Waals surface area contributed by atoms with Crippen LogP contribution < -0.4 is 4.74 Å². The summed E-state index contributed by atoms with van der Waals surface area (Å²) in [6, 6.07) is 2.74. The molecule has 98 valence electrons. The molecule has 0 spiro atoms. The molecule has 1 heterocycles. The first-order valence-corrected chi connectivity index (χ1v) is 4.81. The number of carbonyl (C=O) groups excluding carboxylic acids is 1. The molecule has 0 fully saturated rings. The molecule has 1 amide bonds. The zero-order valence-corrected chi connectivity index (χ0v) is 9.15. The predicted molar refractivity (Wildman–Crippen MR) is 56.2 cm³/mol. The van der Waals surface area contributed by atoms with Crippen molar-refractivity contribution in [2.75, 3.05) is 6.61 Å². The molecule has 0 aliphatic rings. The normalized spacial score (nSPS) is 10.8. The summed E-state index contributed by atoms with van der Waals surface area (Å²) in [6.07, 6.45) is -1.99. The third-order valence-electron chi connectivity index (χ3n) is 1.85. The average Bonchev–Trinajstić information content (AvgIpc) is 2.34. The van der Waals surface area contributed by atoms with Crippen LogP contribution >= 0.6 is 0 Å². The zero-order valence-electron chi connectivity index (χ0n) is 9.15. The molecule has 0 saturated heterocycles. The molecule has 8 heteroatoms. The van der Waals surface area contributed by atoms with Crippen LogP contribution in [0.4, 0.5) is 13.2 Å². The van der Waals surface area contributed by atoms with Gasteiger partial charge in [0.1, 0.15) is 5.75 Å². The number of halogens is 3. The molecular weight excluding hydrogens is 251 g/mol. The van der Waals surface area contributed by atoms with Crippen molar-refractivity contribution in [2.45, 2.75) is 12.7 Å². The number of aromatic nitrogens is 1. The zero-order chi connectivity index (χ0) is 13.6. The Bertz CT molecular complexity index is 398. The number of hydrogen-bond acceptors (Lipinski definition) is 4. The topological polar surface area (TPSA) is 66.3 Å². The van der Waals surface area contributed by atoms with Gasteiger partial charge in [-0.2, -0.15) is 13.2 Å². The fourth-order valence-electron chi connectivity index (χ4n) is 1.06. The first-order valence-electron chi connectivity index (χ1n) is 4.81. The van der Waals surface area contributed by atoms with E-state index in [9.17, 15) is 18.0 Å². The molecule has 0 radical (unpaired) electrons. The lowest BCUT2D eigenvalue weighted by molar-refractivity contribution is -0.153. The Balaban J connectivity index is 2.57. The first kappa shape index (κ1) is 13.9. The maximum atomic E-state index is 11.9. The van der Waals surface area contributed by atoms with Gasteiger partial charge in [-0.25, -0.2) is 0 Å². The van der Waals surface area contributed by atoms with Gasteiger partial charge in [-0.3, -0.25) is 15.2 Å². The highest BCUT2D eigenvalue weighted by atomic mass is 19.4. The van der Waals surface area contributed by atoms with Crippen LogP contribution in [0.15, 0.2) is 18.3 Å². The van der Waals surface area contributed by atoms with Crippen molar-refractivity contribution in [3.8, 4) is 5.75 Å². The molecule has 0 bridgehead atoms. The Hall–Kier alpha value is -2.12. The number of nitrogens with zero attached hydrogens (tertiary/aromatic N) is 2. The quantitative estimate of drug-likeness (QED) is 0.480. The van der Waals surface area contributed by atoms with Gasteiger partial charge >= 0.3 is 6.18 Å². The summed E-state index contributed by atoms with van der Waals surface area (Å²) in [6.45, 7) is -1.30. The Morgan fingerprint density at radius 2 is 2.17 bits per heavy atom. The van der Waals surface area contributed by atoms with E-state index >= 15 is 0 Å². The molecule has 1 aromatic rings. The smallest absolute Gasteiger partial charge is 0.422 e. The summed E-state index contributed by atoms with van der Waals surface area (Å²) in [5.41, 5.74) is 0.435. The highest BCUT2D eigenvalue weighted by Crippen LogP contribution is 2.17. The van der Waals surface area contributed by atoms with E-state index < -0.39 is 12.8 Å². The van der Waals surface area contributed by atoms with Crippen molar-refractivity contribution in [2.24, 2.45) is 0 Å². The molecule has 1 rings (SSSR count). The van der Waals surface area contributed by atoms with Gasteiger partial charge in [0.25, 0.3) is 0 Å². The fraction of sp³-hybridized carbons (Fsp3) is 0.300. The molecule has 0 aromatic carbocycles. The van der Waals surface area contributed by atoms with E-state index in [4.69, 9.17) is 5.41 Å². The van der Waals surface area contributed by atoms with E-state index in [1.165, 1.54) is 12.1 Å². The monoisotopic (exact) mass is 261 g/mol. The van der Waals surface area contributed by atoms with E-state index in [0.717, 1.165) is 17.4 Å². The summed E-state index contributed by atoms with van der Waals surface area (Å²) in [5.74, 6) is -0.0106.